The summed E-state index contributed by atoms with van der Waals surface area (Å²) in [7, 11) is -1.03. The average Bonchev–Trinajstić information content (AvgIpc) is 3.36. The number of piperidine rings is 2. The molecule has 2 saturated heterocycles. The van der Waals surface area contributed by atoms with Gasteiger partial charge in [-0.1, -0.05) is 18.2 Å². The van der Waals surface area contributed by atoms with Crippen molar-refractivity contribution in [2.45, 2.75) is 61.7 Å². The quantitative estimate of drug-likeness (QED) is 0.319. The molecule has 0 bridgehead atoms. The fraction of sp³-hybridized carbons (Fsp3) is 0.516. The van der Waals surface area contributed by atoms with Crippen molar-refractivity contribution in [2.75, 3.05) is 44.7 Å². The summed E-state index contributed by atoms with van der Waals surface area (Å²) >= 11 is 0. The normalized spacial score (nSPS) is 17.8. The zero-order valence-electron chi connectivity index (χ0n) is 26.0. The lowest BCUT2D eigenvalue weighted by atomic mass is 9.88. The van der Waals surface area contributed by atoms with Gasteiger partial charge >= 0.3 is 6.18 Å². The van der Waals surface area contributed by atoms with Gasteiger partial charge in [-0.15, -0.1) is 0 Å². The number of nitrogens with one attached hydrogen (secondary N) is 1. The minimum absolute atomic E-state index is 0.0164. The van der Waals surface area contributed by atoms with Crippen molar-refractivity contribution in [2.24, 2.45) is 12.8 Å². The lowest BCUT2D eigenvalue weighted by Gasteiger charge is -2.33. The van der Waals surface area contributed by atoms with Gasteiger partial charge in [0.05, 0.1) is 16.0 Å². The van der Waals surface area contributed by atoms with Crippen LogP contribution in [-0.4, -0.2) is 85.5 Å². The molecule has 0 radical (unpaired) electrons. The second-order valence-corrected chi connectivity index (χ2v) is 13.9. The molecule has 2 aliphatic heterocycles. The molecule has 2 amide bonds. The number of hydrogen-bond donors (Lipinski definition) is 2. The zero-order chi connectivity index (χ0) is 33.2. The van der Waals surface area contributed by atoms with Crippen molar-refractivity contribution >= 4 is 39.1 Å². The van der Waals surface area contributed by atoms with Crippen molar-refractivity contribution in [1.29, 1.82) is 0 Å². The first-order valence-electron chi connectivity index (χ1n) is 15.4. The maximum Gasteiger partial charge on any atom is 0.418 e. The maximum atomic E-state index is 14.5. The Balaban J connectivity index is 1.30. The first-order valence-corrected chi connectivity index (χ1v) is 16.8. The number of nitrogens with zero attached hydrogens (tertiary/aromatic N) is 5. The highest BCUT2D eigenvalue weighted by atomic mass is 32.2. The van der Waals surface area contributed by atoms with Crippen molar-refractivity contribution in [3.8, 4) is 0 Å². The van der Waals surface area contributed by atoms with Crippen LogP contribution >= 0.6 is 0 Å². The van der Waals surface area contributed by atoms with Gasteiger partial charge in [0.15, 0.2) is 5.82 Å². The largest absolute Gasteiger partial charge is 0.418 e. The SMILES string of the molecule is CNC(=O)CCN(C=O)c1nn(C)c2cc(C3CCN(Cc4cccc(S(=O)(=O)N5CCC(N)CC5)c4C(F)(F)F)CC3)ccc12. The molecule has 0 aliphatic carbocycles. The molecule has 2 aromatic carbocycles. The molecule has 5 rings (SSSR count). The third kappa shape index (κ3) is 7.06. The zero-order valence-corrected chi connectivity index (χ0v) is 26.8. The molecule has 2 aliphatic rings. The lowest BCUT2D eigenvalue weighted by molar-refractivity contribution is -0.140. The van der Waals surface area contributed by atoms with E-state index < -0.39 is 26.7 Å². The summed E-state index contributed by atoms with van der Waals surface area (Å²) in [6, 6.07) is 9.57. The molecule has 46 heavy (non-hydrogen) atoms. The number of hydrogen-bond acceptors (Lipinski definition) is 7. The number of likely N-dealkylation sites (tertiary alicyclic amines) is 1. The van der Waals surface area contributed by atoms with E-state index in [1.54, 1.807) is 11.7 Å². The number of aryl methyl sites for hydroxylation is 1. The van der Waals surface area contributed by atoms with Gasteiger partial charge < -0.3 is 11.1 Å². The van der Waals surface area contributed by atoms with Crippen LogP contribution in [0.4, 0.5) is 19.0 Å². The predicted octanol–water partition coefficient (Wildman–Crippen LogP) is 3.18. The van der Waals surface area contributed by atoms with Crippen molar-refractivity contribution < 1.29 is 31.2 Å². The first kappa shape index (κ1) is 33.8. The van der Waals surface area contributed by atoms with Gasteiger partial charge in [-0.3, -0.25) is 24.1 Å². The van der Waals surface area contributed by atoms with E-state index in [2.05, 4.69) is 10.4 Å². The molecular weight excluding hydrogens is 623 g/mol. The van der Waals surface area contributed by atoms with Crippen molar-refractivity contribution in [3.05, 3.63) is 53.1 Å². The number of carbonyl (C=O) groups excluding carboxylic acids is 2. The lowest BCUT2D eigenvalue weighted by Crippen LogP contribution is -2.43. The second-order valence-electron chi connectivity index (χ2n) is 12.0. The molecule has 3 N–H and O–H groups in total. The van der Waals surface area contributed by atoms with Crippen molar-refractivity contribution in [3.63, 3.8) is 0 Å². The Morgan fingerprint density at radius 1 is 1.11 bits per heavy atom. The second kappa shape index (κ2) is 13.7. The van der Waals surface area contributed by atoms with Crippen LogP contribution in [0, 0.1) is 0 Å². The Morgan fingerprint density at radius 3 is 2.43 bits per heavy atom. The highest BCUT2D eigenvalue weighted by Gasteiger charge is 2.42. The molecule has 15 heteroatoms. The Labute approximate surface area is 266 Å². The minimum Gasteiger partial charge on any atom is -0.359 e. The van der Waals surface area contributed by atoms with Gasteiger partial charge in [-0.05, 0) is 74.0 Å². The molecular formula is C31H40F3N7O4S. The number of fused-ring (bicyclic) bond motifs is 1. The Hall–Kier alpha value is -3.53. The molecule has 2 fully saturated rings. The monoisotopic (exact) mass is 663 g/mol. The van der Waals surface area contributed by atoms with Crippen LogP contribution in [0.5, 0.6) is 0 Å². The van der Waals surface area contributed by atoms with Crippen LogP contribution < -0.4 is 16.0 Å². The van der Waals surface area contributed by atoms with E-state index in [1.807, 2.05) is 23.1 Å². The molecule has 0 saturated carbocycles. The summed E-state index contributed by atoms with van der Waals surface area (Å²) in [6.07, 6.45) is -1.83. The summed E-state index contributed by atoms with van der Waals surface area (Å²) in [5.74, 6) is 0.441. The molecule has 0 atom stereocenters. The van der Waals surface area contributed by atoms with Crippen LogP contribution in [0.25, 0.3) is 10.9 Å². The molecule has 1 aromatic heterocycles. The summed E-state index contributed by atoms with van der Waals surface area (Å²) in [5.41, 5.74) is 6.63. The fourth-order valence-corrected chi connectivity index (χ4v) is 8.17. The number of halogens is 3. The number of alkyl halides is 3. The van der Waals surface area contributed by atoms with Gasteiger partial charge in [0, 0.05) is 58.1 Å². The van der Waals surface area contributed by atoms with E-state index in [0.717, 1.165) is 26.8 Å². The first-order chi connectivity index (χ1) is 21.8. The number of anilines is 1. The van der Waals surface area contributed by atoms with E-state index in [0.29, 0.717) is 51.0 Å². The molecule has 3 heterocycles. The van der Waals surface area contributed by atoms with Gasteiger partial charge in [-0.2, -0.15) is 22.6 Å². The summed E-state index contributed by atoms with van der Waals surface area (Å²) in [4.78, 5) is 26.1. The van der Waals surface area contributed by atoms with E-state index in [4.69, 9.17) is 5.73 Å². The Bertz CT molecular complexity index is 1680. The average molecular weight is 664 g/mol. The van der Waals surface area contributed by atoms with Crippen molar-refractivity contribution in [1.82, 2.24) is 24.3 Å². The standard InChI is InChI=1S/C31H40F3N7O4S/c1-36-28(43)12-15-40(20-42)30-25-7-6-22(18-26(25)38(2)37-30)21-8-13-39(14-9-21)19-23-4-3-5-27(29(23)31(32,33)34)46(44,45)41-16-10-24(35)11-17-41/h3-7,18,20-21,24H,8-17,19,35H2,1-2H3,(H,36,43). The van der Waals surface area contributed by atoms with E-state index in [-0.39, 0.29) is 56.0 Å². The van der Waals surface area contributed by atoms with Crippen LogP contribution in [0.1, 0.15) is 54.7 Å². The van der Waals surface area contributed by atoms with Gasteiger partial charge in [-0.25, -0.2) is 8.42 Å². The number of benzene rings is 2. The number of aromatic nitrogens is 2. The molecule has 0 unspecified atom stereocenters. The Morgan fingerprint density at radius 2 is 1.80 bits per heavy atom. The predicted molar refractivity (Wildman–Crippen MR) is 167 cm³/mol. The maximum absolute atomic E-state index is 14.5. The smallest absolute Gasteiger partial charge is 0.359 e. The summed E-state index contributed by atoms with van der Waals surface area (Å²) in [5, 5.41) is 7.84. The molecule has 250 valence electrons. The topological polar surface area (TPSA) is 134 Å². The van der Waals surface area contributed by atoms with E-state index >= 15 is 0 Å². The van der Waals surface area contributed by atoms with Crippen LogP contribution in [0.3, 0.4) is 0 Å². The van der Waals surface area contributed by atoms with Crippen LogP contribution in [0.2, 0.25) is 0 Å². The molecule has 11 nitrogen and oxygen atoms in total. The highest BCUT2D eigenvalue weighted by molar-refractivity contribution is 7.89. The number of carbonyl (C=O) groups is 2. The number of rotatable bonds is 10. The highest BCUT2D eigenvalue weighted by Crippen LogP contribution is 2.40. The van der Waals surface area contributed by atoms with E-state index in [9.17, 15) is 31.2 Å². The van der Waals surface area contributed by atoms with Gasteiger partial charge in [0.25, 0.3) is 0 Å². The number of amides is 2. The van der Waals surface area contributed by atoms with Crippen LogP contribution in [-0.2, 0) is 39.4 Å². The number of nitrogens with two attached hydrogens (primary N) is 1. The fourth-order valence-electron chi connectivity index (χ4n) is 6.44. The third-order valence-corrected chi connectivity index (χ3v) is 11.0. The third-order valence-electron chi connectivity index (χ3n) is 9.08. The van der Waals surface area contributed by atoms with Crippen LogP contribution in [0.15, 0.2) is 41.3 Å². The molecule has 3 aromatic rings. The van der Waals surface area contributed by atoms with Gasteiger partial charge in [0.2, 0.25) is 22.3 Å². The molecule has 0 spiro atoms. The number of sulfonamides is 1. The summed E-state index contributed by atoms with van der Waals surface area (Å²) < 4.78 is 73.0. The van der Waals surface area contributed by atoms with Gasteiger partial charge in [0.1, 0.15) is 0 Å². The summed E-state index contributed by atoms with van der Waals surface area (Å²) in [6.45, 7) is 1.44. The Kier molecular flexibility index (Phi) is 10.1. The minimum atomic E-state index is -4.84. The van der Waals surface area contributed by atoms with E-state index in [1.165, 1.54) is 24.1 Å².